The molecule has 0 aliphatic carbocycles. The molecule has 0 aromatic carbocycles. The van der Waals surface area contributed by atoms with Gasteiger partial charge >= 0.3 is 0 Å². The molecule has 0 fully saturated rings. The molecule has 6 heteroatoms. The van der Waals surface area contributed by atoms with E-state index in [1.165, 1.54) is 7.11 Å². The summed E-state index contributed by atoms with van der Waals surface area (Å²) in [5.74, 6) is 1.37. The van der Waals surface area contributed by atoms with E-state index in [1.54, 1.807) is 18.3 Å². The lowest BCUT2D eigenvalue weighted by Gasteiger charge is -2.01. The third-order valence-electron chi connectivity index (χ3n) is 1.78. The van der Waals surface area contributed by atoms with Gasteiger partial charge in [0.05, 0.1) is 7.11 Å². The van der Waals surface area contributed by atoms with E-state index in [-0.39, 0.29) is 5.88 Å². The molecule has 2 aromatic heterocycles. The largest absolute Gasteiger partial charge is 0.480 e. The van der Waals surface area contributed by atoms with Crippen LogP contribution in [0.3, 0.4) is 0 Å². The number of alkyl halides is 1. The summed E-state index contributed by atoms with van der Waals surface area (Å²) in [6, 6.07) is 3.56. The molecule has 0 bridgehead atoms. The number of aromatic nitrogens is 3. The molecular weight excluding hydrogens is 218 g/mol. The molecule has 15 heavy (non-hydrogen) atoms. The van der Waals surface area contributed by atoms with Crippen LogP contribution in [0.5, 0.6) is 5.88 Å². The number of rotatable bonds is 3. The van der Waals surface area contributed by atoms with Crippen molar-refractivity contribution < 1.29 is 9.15 Å². The zero-order valence-electron chi connectivity index (χ0n) is 7.98. The Bertz CT molecular complexity index is 458. The van der Waals surface area contributed by atoms with Crippen molar-refractivity contribution in [2.75, 3.05) is 7.11 Å². The van der Waals surface area contributed by atoms with Crippen molar-refractivity contribution in [3.63, 3.8) is 0 Å². The maximum absolute atomic E-state index is 5.56. The zero-order valence-corrected chi connectivity index (χ0v) is 8.73. The Hall–Kier alpha value is -1.62. The molecule has 2 aromatic rings. The van der Waals surface area contributed by atoms with Gasteiger partial charge in [-0.2, -0.15) is 0 Å². The minimum atomic E-state index is 0.190. The normalized spacial score (nSPS) is 10.3. The molecule has 0 aliphatic rings. The van der Waals surface area contributed by atoms with Gasteiger partial charge in [0.2, 0.25) is 11.8 Å². The van der Waals surface area contributed by atoms with Crippen molar-refractivity contribution in [3.05, 3.63) is 24.2 Å². The van der Waals surface area contributed by atoms with E-state index in [0.717, 1.165) is 0 Å². The lowest BCUT2D eigenvalue weighted by molar-refractivity contribution is 0.397. The first kappa shape index (κ1) is 9.92. The molecule has 0 amide bonds. The van der Waals surface area contributed by atoms with Gasteiger partial charge < -0.3 is 9.15 Å². The number of methoxy groups -OCH3 is 1. The molecule has 0 aliphatic heterocycles. The third-order valence-corrected chi connectivity index (χ3v) is 2.00. The van der Waals surface area contributed by atoms with Gasteiger partial charge in [-0.05, 0) is 12.1 Å². The lowest BCUT2D eigenvalue weighted by Crippen LogP contribution is -1.90. The van der Waals surface area contributed by atoms with Crippen LogP contribution in [0.1, 0.15) is 5.89 Å². The van der Waals surface area contributed by atoms with Crippen LogP contribution in [0.25, 0.3) is 11.5 Å². The summed E-state index contributed by atoms with van der Waals surface area (Å²) in [4.78, 5) is 4.03. The fourth-order valence-corrected chi connectivity index (χ4v) is 1.24. The zero-order chi connectivity index (χ0) is 10.7. The Morgan fingerprint density at radius 1 is 1.47 bits per heavy atom. The van der Waals surface area contributed by atoms with Crippen molar-refractivity contribution in [2.45, 2.75) is 5.88 Å². The number of hydrogen-bond donors (Lipinski definition) is 0. The first-order chi connectivity index (χ1) is 7.35. The predicted octanol–water partition coefficient (Wildman–Crippen LogP) is 1.88. The second-order valence-electron chi connectivity index (χ2n) is 2.69. The predicted molar refractivity (Wildman–Crippen MR) is 53.6 cm³/mol. The second kappa shape index (κ2) is 4.27. The Balaban J connectivity index is 2.44. The molecule has 5 nitrogen and oxygen atoms in total. The van der Waals surface area contributed by atoms with Crippen LogP contribution < -0.4 is 4.74 Å². The van der Waals surface area contributed by atoms with Gasteiger partial charge in [-0.1, -0.05) is 0 Å². The van der Waals surface area contributed by atoms with E-state index in [0.29, 0.717) is 23.2 Å². The molecule has 0 spiro atoms. The minimum Gasteiger partial charge on any atom is -0.480 e. The highest BCUT2D eigenvalue weighted by molar-refractivity contribution is 6.16. The minimum absolute atomic E-state index is 0.190. The number of hydrogen-bond acceptors (Lipinski definition) is 5. The van der Waals surface area contributed by atoms with Crippen LogP contribution in [-0.2, 0) is 5.88 Å². The summed E-state index contributed by atoms with van der Waals surface area (Å²) in [7, 11) is 1.53. The quantitative estimate of drug-likeness (QED) is 0.747. The first-order valence-electron chi connectivity index (χ1n) is 4.23. The molecule has 0 saturated heterocycles. The molecule has 0 saturated carbocycles. The van der Waals surface area contributed by atoms with Crippen LogP contribution in [0.15, 0.2) is 22.7 Å². The Morgan fingerprint density at radius 2 is 2.33 bits per heavy atom. The van der Waals surface area contributed by atoms with Gasteiger partial charge in [0.15, 0.2) is 0 Å². The van der Waals surface area contributed by atoms with Gasteiger partial charge in [0.25, 0.3) is 5.89 Å². The lowest BCUT2D eigenvalue weighted by atomic mass is 10.3. The number of nitrogens with zero attached hydrogens (tertiary/aromatic N) is 3. The van der Waals surface area contributed by atoms with Crippen molar-refractivity contribution in [3.8, 4) is 17.3 Å². The molecule has 0 N–H and O–H groups in total. The summed E-state index contributed by atoms with van der Waals surface area (Å²) >= 11 is 5.56. The van der Waals surface area contributed by atoms with Crippen molar-refractivity contribution >= 4 is 11.6 Å². The molecular formula is C9H8ClN3O2. The van der Waals surface area contributed by atoms with E-state index in [4.69, 9.17) is 20.8 Å². The summed E-state index contributed by atoms with van der Waals surface area (Å²) in [6.07, 6.45) is 1.63. The highest BCUT2D eigenvalue weighted by atomic mass is 35.5. The molecule has 78 valence electrons. The Kier molecular flexibility index (Phi) is 2.82. The fourth-order valence-electron chi connectivity index (χ4n) is 1.13. The van der Waals surface area contributed by atoms with Crippen LogP contribution in [0.4, 0.5) is 0 Å². The van der Waals surface area contributed by atoms with Crippen molar-refractivity contribution in [2.24, 2.45) is 0 Å². The maximum atomic E-state index is 5.56. The average molecular weight is 226 g/mol. The SMILES string of the molecule is COc1ncccc1-c1nnc(CCl)o1. The number of pyridine rings is 1. The summed E-state index contributed by atoms with van der Waals surface area (Å²) in [5.41, 5.74) is 0.656. The fraction of sp³-hybridized carbons (Fsp3) is 0.222. The van der Waals surface area contributed by atoms with Gasteiger partial charge in [-0.15, -0.1) is 21.8 Å². The summed E-state index contributed by atoms with van der Waals surface area (Å²) in [5, 5.41) is 7.60. The number of ether oxygens (including phenoxy) is 1. The van der Waals surface area contributed by atoms with E-state index in [2.05, 4.69) is 15.2 Å². The Morgan fingerprint density at radius 3 is 3.00 bits per heavy atom. The average Bonchev–Trinajstić information content (AvgIpc) is 2.77. The topological polar surface area (TPSA) is 61.0 Å². The second-order valence-corrected chi connectivity index (χ2v) is 2.96. The summed E-state index contributed by atoms with van der Waals surface area (Å²) in [6.45, 7) is 0. The molecule has 2 heterocycles. The smallest absolute Gasteiger partial charge is 0.253 e. The molecule has 0 atom stereocenters. The van der Waals surface area contributed by atoms with Crippen LogP contribution >= 0.6 is 11.6 Å². The maximum Gasteiger partial charge on any atom is 0.253 e. The van der Waals surface area contributed by atoms with Gasteiger partial charge in [0.1, 0.15) is 11.4 Å². The van der Waals surface area contributed by atoms with E-state index >= 15 is 0 Å². The van der Waals surface area contributed by atoms with E-state index in [1.807, 2.05) is 0 Å². The summed E-state index contributed by atoms with van der Waals surface area (Å²) < 4.78 is 10.4. The molecule has 0 radical (unpaired) electrons. The van der Waals surface area contributed by atoms with Gasteiger partial charge in [-0.25, -0.2) is 4.98 Å². The van der Waals surface area contributed by atoms with E-state index in [9.17, 15) is 0 Å². The third kappa shape index (κ3) is 1.92. The monoisotopic (exact) mass is 225 g/mol. The van der Waals surface area contributed by atoms with Gasteiger partial charge in [-0.3, -0.25) is 0 Å². The number of halogens is 1. The van der Waals surface area contributed by atoms with Gasteiger partial charge in [0, 0.05) is 6.20 Å². The highest BCUT2D eigenvalue weighted by Crippen LogP contribution is 2.26. The highest BCUT2D eigenvalue weighted by Gasteiger charge is 2.13. The van der Waals surface area contributed by atoms with Crippen molar-refractivity contribution in [1.82, 2.24) is 15.2 Å². The first-order valence-corrected chi connectivity index (χ1v) is 4.76. The van der Waals surface area contributed by atoms with Crippen LogP contribution in [0.2, 0.25) is 0 Å². The van der Waals surface area contributed by atoms with Crippen molar-refractivity contribution in [1.29, 1.82) is 0 Å². The Labute approximate surface area is 91.1 Å². The van der Waals surface area contributed by atoms with Crippen LogP contribution in [0, 0.1) is 0 Å². The molecule has 2 rings (SSSR count). The van der Waals surface area contributed by atoms with E-state index < -0.39 is 0 Å². The van der Waals surface area contributed by atoms with Crippen LogP contribution in [-0.4, -0.2) is 22.3 Å². The molecule has 0 unspecified atom stereocenters. The standard InChI is InChI=1S/C9H8ClN3O2/c1-14-8-6(3-2-4-11-8)9-13-12-7(5-10)15-9/h2-4H,5H2,1H3.